The Bertz CT molecular complexity index is 544. The van der Waals surface area contributed by atoms with E-state index in [1.807, 2.05) is 0 Å². The molecule has 0 saturated carbocycles. The van der Waals surface area contributed by atoms with Gasteiger partial charge >= 0.3 is 0 Å². The van der Waals surface area contributed by atoms with Crippen LogP contribution in [0.3, 0.4) is 0 Å². The number of hydrogen-bond acceptors (Lipinski definition) is 1. The highest BCUT2D eigenvalue weighted by atomic mass is 15.0. The summed E-state index contributed by atoms with van der Waals surface area (Å²) >= 11 is 0. The van der Waals surface area contributed by atoms with Gasteiger partial charge in [-0.3, -0.25) is 0 Å². The summed E-state index contributed by atoms with van der Waals surface area (Å²) in [6.07, 6.45) is 0.949. The van der Waals surface area contributed by atoms with Gasteiger partial charge in [0.1, 0.15) is 0 Å². The van der Waals surface area contributed by atoms with Gasteiger partial charge in [-0.2, -0.15) is 0 Å². The van der Waals surface area contributed by atoms with Crippen LogP contribution in [0.4, 0.5) is 0 Å². The Kier molecular flexibility index (Phi) is 3.58. The first-order valence-corrected chi connectivity index (χ1v) is 6.50. The Labute approximate surface area is 109 Å². The van der Waals surface area contributed by atoms with E-state index in [1.165, 1.54) is 33.8 Å². The van der Waals surface area contributed by atoms with Gasteiger partial charge in [-0.1, -0.05) is 18.2 Å². The molecule has 2 rings (SSSR count). The molecule has 0 saturated heterocycles. The summed E-state index contributed by atoms with van der Waals surface area (Å²) in [7, 11) is 0. The van der Waals surface area contributed by atoms with Gasteiger partial charge in [-0.05, 0) is 63.4 Å². The Balaban J connectivity index is 2.64. The van der Waals surface area contributed by atoms with Gasteiger partial charge in [0.05, 0.1) is 5.69 Å². The minimum atomic E-state index is 0.705. The minimum absolute atomic E-state index is 0.705. The topological polar surface area (TPSA) is 30.9 Å². The van der Waals surface area contributed by atoms with E-state index in [2.05, 4.69) is 56.5 Å². The lowest BCUT2D eigenvalue weighted by molar-refractivity contribution is 0.910. The molecule has 0 amide bonds. The third-order valence-corrected chi connectivity index (χ3v) is 3.61. The van der Waals surface area contributed by atoms with Crippen molar-refractivity contribution in [2.75, 3.05) is 6.54 Å². The van der Waals surface area contributed by atoms with Crippen LogP contribution in [0.2, 0.25) is 0 Å². The van der Waals surface area contributed by atoms with E-state index in [0.717, 1.165) is 6.42 Å². The van der Waals surface area contributed by atoms with E-state index >= 15 is 0 Å². The fourth-order valence-electron chi connectivity index (χ4n) is 2.74. The molecule has 0 aliphatic rings. The maximum absolute atomic E-state index is 5.68. The summed E-state index contributed by atoms with van der Waals surface area (Å²) in [5.41, 5.74) is 13.6. The maximum atomic E-state index is 5.68. The summed E-state index contributed by atoms with van der Waals surface area (Å²) < 4.78 is 2.36. The van der Waals surface area contributed by atoms with Crippen LogP contribution in [0, 0.1) is 27.7 Å². The second kappa shape index (κ2) is 4.99. The van der Waals surface area contributed by atoms with Gasteiger partial charge in [0, 0.05) is 11.4 Å². The molecule has 0 aliphatic heterocycles. The maximum Gasteiger partial charge on any atom is 0.0513 e. The highest BCUT2D eigenvalue weighted by Crippen LogP contribution is 2.25. The normalized spacial score (nSPS) is 10.9. The van der Waals surface area contributed by atoms with Crippen LogP contribution in [0.15, 0.2) is 24.3 Å². The molecule has 0 unspecified atom stereocenters. The van der Waals surface area contributed by atoms with Gasteiger partial charge in [0.15, 0.2) is 0 Å². The van der Waals surface area contributed by atoms with Crippen molar-refractivity contribution < 1.29 is 0 Å². The molecule has 1 aromatic carbocycles. The molecule has 1 aromatic heterocycles. The molecule has 0 fully saturated rings. The minimum Gasteiger partial charge on any atom is -0.330 e. The van der Waals surface area contributed by atoms with Gasteiger partial charge in [-0.15, -0.1) is 0 Å². The largest absolute Gasteiger partial charge is 0.330 e. The number of aryl methyl sites for hydroxylation is 3. The van der Waals surface area contributed by atoms with Gasteiger partial charge in [0.25, 0.3) is 0 Å². The molecule has 96 valence electrons. The smallest absolute Gasteiger partial charge is 0.0513 e. The summed E-state index contributed by atoms with van der Waals surface area (Å²) in [4.78, 5) is 0. The van der Waals surface area contributed by atoms with Crippen LogP contribution in [-0.2, 0) is 6.42 Å². The number of aromatic nitrogens is 1. The van der Waals surface area contributed by atoms with Crippen LogP contribution in [0.5, 0.6) is 0 Å². The van der Waals surface area contributed by atoms with E-state index in [9.17, 15) is 0 Å². The number of rotatable bonds is 3. The lowest BCUT2D eigenvalue weighted by atomic mass is 10.1. The van der Waals surface area contributed by atoms with Crippen molar-refractivity contribution in [3.63, 3.8) is 0 Å². The summed E-state index contributed by atoms with van der Waals surface area (Å²) in [6.45, 7) is 9.40. The van der Waals surface area contributed by atoms with Gasteiger partial charge < -0.3 is 10.3 Å². The Morgan fingerprint density at radius 1 is 1.06 bits per heavy atom. The van der Waals surface area contributed by atoms with Crippen LogP contribution >= 0.6 is 0 Å². The van der Waals surface area contributed by atoms with Crippen molar-refractivity contribution >= 4 is 0 Å². The Morgan fingerprint density at radius 2 is 1.67 bits per heavy atom. The SMILES string of the molecule is Cc1cccc(C)c1-n1c(C)cc(CCN)c1C. The van der Waals surface area contributed by atoms with E-state index in [1.54, 1.807) is 0 Å². The highest BCUT2D eigenvalue weighted by molar-refractivity contribution is 5.51. The first kappa shape index (κ1) is 12.9. The quantitative estimate of drug-likeness (QED) is 0.880. The van der Waals surface area contributed by atoms with Crippen molar-refractivity contribution in [2.24, 2.45) is 5.73 Å². The number of hydrogen-bond donors (Lipinski definition) is 1. The number of benzene rings is 1. The van der Waals surface area contributed by atoms with Crippen LogP contribution in [-0.4, -0.2) is 11.1 Å². The molecule has 0 bridgehead atoms. The zero-order valence-electron chi connectivity index (χ0n) is 11.7. The van der Waals surface area contributed by atoms with Gasteiger partial charge in [0.2, 0.25) is 0 Å². The second-order valence-electron chi connectivity index (χ2n) is 5.01. The van der Waals surface area contributed by atoms with Crippen molar-refractivity contribution in [3.8, 4) is 5.69 Å². The van der Waals surface area contributed by atoms with Crippen molar-refractivity contribution in [2.45, 2.75) is 34.1 Å². The summed E-state index contributed by atoms with van der Waals surface area (Å²) in [5.74, 6) is 0. The first-order valence-electron chi connectivity index (χ1n) is 6.50. The molecule has 2 heteroatoms. The average Bonchev–Trinajstić information content (AvgIpc) is 2.57. The molecule has 1 heterocycles. The molecule has 0 radical (unpaired) electrons. The van der Waals surface area contributed by atoms with Crippen LogP contribution < -0.4 is 5.73 Å². The predicted molar refractivity (Wildman–Crippen MR) is 77.5 cm³/mol. The monoisotopic (exact) mass is 242 g/mol. The molecule has 2 aromatic rings. The number of para-hydroxylation sites is 1. The second-order valence-corrected chi connectivity index (χ2v) is 5.01. The Hall–Kier alpha value is -1.54. The predicted octanol–water partition coefficient (Wildman–Crippen LogP) is 3.21. The lowest BCUT2D eigenvalue weighted by Crippen LogP contribution is -2.06. The zero-order valence-corrected chi connectivity index (χ0v) is 11.7. The lowest BCUT2D eigenvalue weighted by Gasteiger charge is -2.16. The zero-order chi connectivity index (χ0) is 13.3. The number of nitrogens with zero attached hydrogens (tertiary/aromatic N) is 1. The molecule has 0 aliphatic carbocycles. The van der Waals surface area contributed by atoms with Gasteiger partial charge in [-0.25, -0.2) is 0 Å². The molecule has 2 N–H and O–H groups in total. The standard InChI is InChI=1S/C16H22N2/c1-11-6-5-7-12(2)16(11)18-13(3)10-15(8-9-17)14(18)4/h5-7,10H,8-9,17H2,1-4H3. The van der Waals surface area contributed by atoms with Crippen molar-refractivity contribution in [3.05, 3.63) is 52.3 Å². The Morgan fingerprint density at radius 3 is 2.22 bits per heavy atom. The van der Waals surface area contributed by atoms with Crippen molar-refractivity contribution in [1.82, 2.24) is 4.57 Å². The van der Waals surface area contributed by atoms with Crippen LogP contribution in [0.25, 0.3) is 5.69 Å². The molecule has 18 heavy (non-hydrogen) atoms. The summed E-state index contributed by atoms with van der Waals surface area (Å²) in [6, 6.07) is 8.71. The average molecular weight is 242 g/mol. The van der Waals surface area contributed by atoms with Crippen molar-refractivity contribution in [1.29, 1.82) is 0 Å². The van der Waals surface area contributed by atoms with E-state index in [0.29, 0.717) is 6.54 Å². The fourth-order valence-corrected chi connectivity index (χ4v) is 2.74. The van der Waals surface area contributed by atoms with E-state index in [4.69, 9.17) is 5.73 Å². The molecule has 2 nitrogen and oxygen atoms in total. The third kappa shape index (κ3) is 2.08. The third-order valence-electron chi connectivity index (χ3n) is 3.61. The number of nitrogens with two attached hydrogens (primary N) is 1. The highest BCUT2D eigenvalue weighted by Gasteiger charge is 2.13. The molecule has 0 spiro atoms. The molecular weight excluding hydrogens is 220 g/mol. The fraction of sp³-hybridized carbons (Fsp3) is 0.375. The first-order chi connectivity index (χ1) is 8.56. The molecule has 0 atom stereocenters. The van der Waals surface area contributed by atoms with E-state index in [-0.39, 0.29) is 0 Å². The summed E-state index contributed by atoms with van der Waals surface area (Å²) in [5, 5.41) is 0. The van der Waals surface area contributed by atoms with E-state index < -0.39 is 0 Å². The molecular formula is C16H22N2. The van der Waals surface area contributed by atoms with Crippen LogP contribution in [0.1, 0.15) is 28.1 Å².